The molecule has 28 heavy (non-hydrogen) atoms. The first kappa shape index (κ1) is 19.6. The first-order chi connectivity index (χ1) is 13.7. The number of esters is 1. The Morgan fingerprint density at radius 2 is 1.75 bits per heavy atom. The predicted molar refractivity (Wildman–Crippen MR) is 109 cm³/mol. The summed E-state index contributed by atoms with van der Waals surface area (Å²) in [5.41, 5.74) is 1.71. The van der Waals surface area contributed by atoms with Crippen LogP contribution in [0.5, 0.6) is 5.75 Å². The maximum Gasteiger partial charge on any atom is 0.349 e. The number of ether oxygens (including phenoxy) is 2. The Kier molecular flexibility index (Phi) is 6.81. The van der Waals surface area contributed by atoms with Gasteiger partial charge in [0.15, 0.2) is 0 Å². The van der Waals surface area contributed by atoms with Crippen molar-refractivity contribution in [3.8, 4) is 5.75 Å². The Balaban J connectivity index is 1.70. The fourth-order valence-corrected chi connectivity index (χ4v) is 3.28. The molecule has 144 valence electrons. The van der Waals surface area contributed by atoms with Crippen LogP contribution in [0.3, 0.4) is 0 Å². The standard InChI is InChI=1S/C22H21NO4S/c1-26-18-11-9-17(10-12-18)20(27-22(25)19-8-5-15-28-19)21(24)23-14-13-16-6-3-2-4-7-16/h2-12,15,20H,13-14H2,1H3,(H,23,24). The molecule has 1 N–H and O–H groups in total. The normalized spacial score (nSPS) is 11.5. The second-order valence-corrected chi connectivity index (χ2v) is 7.01. The van der Waals surface area contributed by atoms with Gasteiger partial charge in [-0.15, -0.1) is 11.3 Å². The zero-order valence-electron chi connectivity index (χ0n) is 15.5. The molecule has 0 spiro atoms. The van der Waals surface area contributed by atoms with Crippen LogP contribution in [-0.4, -0.2) is 25.5 Å². The van der Waals surface area contributed by atoms with Crippen molar-refractivity contribution in [2.75, 3.05) is 13.7 Å². The van der Waals surface area contributed by atoms with E-state index in [2.05, 4.69) is 5.32 Å². The molecule has 0 fully saturated rings. The zero-order valence-corrected chi connectivity index (χ0v) is 16.3. The average molecular weight is 395 g/mol. The molecule has 1 amide bonds. The van der Waals surface area contributed by atoms with Gasteiger partial charge in [0, 0.05) is 12.1 Å². The molecule has 6 heteroatoms. The summed E-state index contributed by atoms with van der Waals surface area (Å²) in [4.78, 5) is 25.6. The molecule has 3 rings (SSSR count). The molecule has 1 heterocycles. The number of hydrogen-bond acceptors (Lipinski definition) is 5. The van der Waals surface area contributed by atoms with Crippen LogP contribution in [0, 0.1) is 0 Å². The second kappa shape index (κ2) is 9.71. The van der Waals surface area contributed by atoms with E-state index in [4.69, 9.17) is 9.47 Å². The lowest BCUT2D eigenvalue weighted by Crippen LogP contribution is -2.33. The summed E-state index contributed by atoms with van der Waals surface area (Å²) in [5, 5.41) is 4.66. The molecular formula is C22H21NO4S. The van der Waals surface area contributed by atoms with Crippen LogP contribution in [0.4, 0.5) is 0 Å². The molecule has 0 aliphatic carbocycles. The average Bonchev–Trinajstić information content (AvgIpc) is 3.28. The highest BCUT2D eigenvalue weighted by atomic mass is 32.1. The molecule has 1 unspecified atom stereocenters. The Morgan fingerprint density at radius 1 is 1.00 bits per heavy atom. The fourth-order valence-electron chi connectivity index (χ4n) is 2.68. The number of rotatable bonds is 8. The number of amides is 1. The molecule has 0 aliphatic heterocycles. The van der Waals surface area contributed by atoms with E-state index < -0.39 is 12.1 Å². The van der Waals surface area contributed by atoms with Crippen LogP contribution < -0.4 is 10.1 Å². The van der Waals surface area contributed by atoms with E-state index in [1.165, 1.54) is 11.3 Å². The number of thiophene rings is 1. The number of carbonyl (C=O) groups is 2. The Bertz CT molecular complexity index is 892. The third kappa shape index (κ3) is 5.20. The minimum absolute atomic E-state index is 0.356. The third-order valence-corrected chi connectivity index (χ3v) is 5.01. The van der Waals surface area contributed by atoms with Crippen LogP contribution in [0.25, 0.3) is 0 Å². The predicted octanol–water partition coefficient (Wildman–Crippen LogP) is 4.01. The van der Waals surface area contributed by atoms with Crippen molar-refractivity contribution in [1.82, 2.24) is 5.32 Å². The van der Waals surface area contributed by atoms with Gasteiger partial charge < -0.3 is 14.8 Å². The van der Waals surface area contributed by atoms with Crippen molar-refractivity contribution in [2.45, 2.75) is 12.5 Å². The summed E-state index contributed by atoms with van der Waals surface area (Å²) < 4.78 is 10.7. The Labute approximate surface area is 167 Å². The van der Waals surface area contributed by atoms with E-state index >= 15 is 0 Å². The van der Waals surface area contributed by atoms with Crippen LogP contribution in [0.15, 0.2) is 72.1 Å². The van der Waals surface area contributed by atoms with Gasteiger partial charge in [-0.1, -0.05) is 48.5 Å². The minimum atomic E-state index is -1.03. The molecule has 1 atom stereocenters. The summed E-state index contributed by atoms with van der Waals surface area (Å²) in [7, 11) is 1.57. The molecule has 0 bridgehead atoms. The van der Waals surface area contributed by atoms with E-state index in [9.17, 15) is 9.59 Å². The molecule has 1 aromatic heterocycles. The summed E-state index contributed by atoms with van der Waals surface area (Å²) in [6, 6.07) is 20.2. The summed E-state index contributed by atoms with van der Waals surface area (Å²) in [5.74, 6) is -0.211. The van der Waals surface area contributed by atoms with Crippen molar-refractivity contribution in [3.63, 3.8) is 0 Å². The summed E-state index contributed by atoms with van der Waals surface area (Å²) in [6.07, 6.45) is -0.336. The monoisotopic (exact) mass is 395 g/mol. The highest BCUT2D eigenvalue weighted by molar-refractivity contribution is 7.11. The highest BCUT2D eigenvalue weighted by Crippen LogP contribution is 2.23. The Hall–Kier alpha value is -3.12. The quantitative estimate of drug-likeness (QED) is 0.585. The van der Waals surface area contributed by atoms with E-state index in [1.54, 1.807) is 48.9 Å². The van der Waals surface area contributed by atoms with Gasteiger partial charge in [-0.05, 0) is 35.6 Å². The van der Waals surface area contributed by atoms with Crippen molar-refractivity contribution >= 4 is 23.2 Å². The van der Waals surface area contributed by atoms with Crippen molar-refractivity contribution in [2.24, 2.45) is 0 Å². The summed E-state index contributed by atoms with van der Waals surface area (Å²) >= 11 is 1.27. The SMILES string of the molecule is COc1ccc(C(OC(=O)c2cccs2)C(=O)NCCc2ccccc2)cc1. The van der Waals surface area contributed by atoms with Gasteiger partial charge in [0.25, 0.3) is 5.91 Å². The molecular weight excluding hydrogens is 374 g/mol. The lowest BCUT2D eigenvalue weighted by atomic mass is 10.1. The highest BCUT2D eigenvalue weighted by Gasteiger charge is 2.26. The Morgan fingerprint density at radius 3 is 2.39 bits per heavy atom. The van der Waals surface area contributed by atoms with E-state index in [-0.39, 0.29) is 5.91 Å². The topological polar surface area (TPSA) is 64.6 Å². The smallest absolute Gasteiger partial charge is 0.349 e. The maximum absolute atomic E-state index is 12.8. The second-order valence-electron chi connectivity index (χ2n) is 6.06. The van der Waals surface area contributed by atoms with Crippen LogP contribution in [0.1, 0.15) is 26.9 Å². The van der Waals surface area contributed by atoms with E-state index in [0.717, 1.165) is 5.56 Å². The van der Waals surface area contributed by atoms with E-state index in [1.807, 2.05) is 30.3 Å². The fraction of sp³-hybridized carbons (Fsp3) is 0.182. The van der Waals surface area contributed by atoms with Gasteiger partial charge in [0.1, 0.15) is 10.6 Å². The zero-order chi connectivity index (χ0) is 19.8. The van der Waals surface area contributed by atoms with Gasteiger partial charge in [0.2, 0.25) is 6.10 Å². The van der Waals surface area contributed by atoms with Gasteiger partial charge in [-0.3, -0.25) is 4.79 Å². The molecule has 5 nitrogen and oxygen atoms in total. The lowest BCUT2D eigenvalue weighted by molar-refractivity contribution is -0.130. The molecule has 0 saturated carbocycles. The molecule has 0 saturated heterocycles. The lowest BCUT2D eigenvalue weighted by Gasteiger charge is -2.18. The van der Waals surface area contributed by atoms with Crippen molar-refractivity contribution in [3.05, 3.63) is 88.1 Å². The molecule has 2 aromatic carbocycles. The maximum atomic E-state index is 12.8. The largest absolute Gasteiger partial charge is 0.497 e. The number of hydrogen-bond donors (Lipinski definition) is 1. The van der Waals surface area contributed by atoms with Crippen molar-refractivity contribution in [1.29, 1.82) is 0 Å². The third-order valence-electron chi connectivity index (χ3n) is 4.16. The first-order valence-corrected chi connectivity index (χ1v) is 9.75. The number of methoxy groups -OCH3 is 1. The van der Waals surface area contributed by atoms with Gasteiger partial charge in [0.05, 0.1) is 7.11 Å². The van der Waals surface area contributed by atoms with Gasteiger partial charge in [-0.2, -0.15) is 0 Å². The van der Waals surface area contributed by atoms with Crippen LogP contribution in [0.2, 0.25) is 0 Å². The number of nitrogens with one attached hydrogen (secondary N) is 1. The minimum Gasteiger partial charge on any atom is -0.497 e. The first-order valence-electron chi connectivity index (χ1n) is 8.87. The molecule has 0 aliphatic rings. The van der Waals surface area contributed by atoms with Gasteiger partial charge >= 0.3 is 5.97 Å². The van der Waals surface area contributed by atoms with Crippen LogP contribution >= 0.6 is 11.3 Å². The molecule has 3 aromatic rings. The summed E-state index contributed by atoms with van der Waals surface area (Å²) in [6.45, 7) is 0.450. The van der Waals surface area contributed by atoms with Crippen LogP contribution in [-0.2, 0) is 16.0 Å². The van der Waals surface area contributed by atoms with Gasteiger partial charge in [-0.25, -0.2) is 4.79 Å². The van der Waals surface area contributed by atoms with Crippen molar-refractivity contribution < 1.29 is 19.1 Å². The number of carbonyl (C=O) groups excluding carboxylic acids is 2. The molecule has 0 radical (unpaired) electrons. The van der Waals surface area contributed by atoms with E-state index in [0.29, 0.717) is 29.2 Å². The number of benzene rings is 2.